The maximum atomic E-state index is 11.4. The van der Waals surface area contributed by atoms with Gasteiger partial charge < -0.3 is 24.6 Å². The van der Waals surface area contributed by atoms with E-state index in [1.165, 1.54) is 6.92 Å². The van der Waals surface area contributed by atoms with Gasteiger partial charge in [-0.3, -0.25) is 4.79 Å². The Balaban J connectivity index is 1.39. The molecule has 0 saturated carbocycles. The molecule has 2 aromatic rings. The zero-order valence-corrected chi connectivity index (χ0v) is 17.1. The molecule has 2 atom stereocenters. The molecule has 0 aromatic carbocycles. The van der Waals surface area contributed by atoms with Gasteiger partial charge in [0.2, 0.25) is 5.91 Å². The summed E-state index contributed by atoms with van der Waals surface area (Å²) in [7, 11) is 1.93. The summed E-state index contributed by atoms with van der Waals surface area (Å²) in [6.45, 7) is 5.12. The highest BCUT2D eigenvalue weighted by Gasteiger charge is 2.49. The lowest BCUT2D eigenvalue weighted by molar-refractivity contribution is -0.180. The van der Waals surface area contributed by atoms with Gasteiger partial charge in [-0.15, -0.1) is 10.2 Å². The van der Waals surface area contributed by atoms with Crippen molar-refractivity contribution in [3.63, 3.8) is 0 Å². The molecule has 9 nitrogen and oxygen atoms in total. The summed E-state index contributed by atoms with van der Waals surface area (Å²) in [5, 5.41) is 22.4. The van der Waals surface area contributed by atoms with Gasteiger partial charge in [-0.2, -0.15) is 0 Å². The third-order valence-corrected chi connectivity index (χ3v) is 6.06. The predicted molar refractivity (Wildman–Crippen MR) is 107 cm³/mol. The van der Waals surface area contributed by atoms with Gasteiger partial charge in [0.15, 0.2) is 11.6 Å². The fourth-order valence-electron chi connectivity index (χ4n) is 4.40. The molecule has 2 fully saturated rings. The average molecular weight is 400 g/mol. The van der Waals surface area contributed by atoms with E-state index in [0.29, 0.717) is 13.0 Å². The number of nitrogens with one attached hydrogen (secondary N) is 1. The quantitative estimate of drug-likeness (QED) is 0.788. The maximum Gasteiger partial charge on any atom is 0.217 e. The minimum Gasteiger partial charge on any atom is -0.388 e. The Morgan fingerprint density at radius 1 is 1.31 bits per heavy atom. The Morgan fingerprint density at radius 2 is 2.07 bits per heavy atom. The van der Waals surface area contributed by atoms with E-state index in [0.717, 1.165) is 43.3 Å². The molecule has 2 saturated heterocycles. The molecule has 2 aliphatic heterocycles. The Bertz CT molecular complexity index is 871. The van der Waals surface area contributed by atoms with E-state index in [-0.39, 0.29) is 17.6 Å². The van der Waals surface area contributed by atoms with Crippen LogP contribution in [0.4, 0.5) is 5.82 Å². The molecule has 2 aromatic heterocycles. The van der Waals surface area contributed by atoms with Gasteiger partial charge in [-0.1, -0.05) is 0 Å². The molecule has 156 valence electrons. The number of aromatic nitrogens is 4. The van der Waals surface area contributed by atoms with Crippen molar-refractivity contribution in [3.8, 4) is 11.5 Å². The van der Waals surface area contributed by atoms with Crippen molar-refractivity contribution >= 4 is 11.7 Å². The first-order valence-corrected chi connectivity index (χ1v) is 9.98. The number of piperidine rings is 1. The van der Waals surface area contributed by atoms with Crippen molar-refractivity contribution < 1.29 is 14.6 Å². The summed E-state index contributed by atoms with van der Waals surface area (Å²) in [6.07, 6.45) is 5.70. The Hall–Kier alpha value is -2.52. The average Bonchev–Trinajstić information content (AvgIpc) is 3.10. The number of anilines is 1. The minimum absolute atomic E-state index is 0.155. The summed E-state index contributed by atoms with van der Waals surface area (Å²) in [5.74, 6) is 1.46. The van der Waals surface area contributed by atoms with E-state index in [4.69, 9.17) is 4.74 Å². The predicted octanol–water partition coefficient (Wildman–Crippen LogP) is 0.892. The number of aryl methyl sites for hydroxylation is 1. The van der Waals surface area contributed by atoms with Crippen LogP contribution in [-0.2, 0) is 16.6 Å². The number of hydrogen-bond acceptors (Lipinski definition) is 7. The summed E-state index contributed by atoms with van der Waals surface area (Å²) in [6, 6.07) is 3.53. The first-order chi connectivity index (χ1) is 13.8. The van der Waals surface area contributed by atoms with Crippen molar-refractivity contribution in [3.05, 3.63) is 24.5 Å². The fourth-order valence-corrected chi connectivity index (χ4v) is 4.40. The molecule has 0 unspecified atom stereocenters. The van der Waals surface area contributed by atoms with E-state index in [2.05, 4.69) is 25.4 Å². The summed E-state index contributed by atoms with van der Waals surface area (Å²) < 4.78 is 8.08. The third-order valence-electron chi connectivity index (χ3n) is 6.06. The van der Waals surface area contributed by atoms with Crippen LogP contribution in [0.15, 0.2) is 24.5 Å². The van der Waals surface area contributed by atoms with Crippen LogP contribution in [-0.4, -0.2) is 67.7 Å². The number of aliphatic hydroxyl groups is 1. The van der Waals surface area contributed by atoms with E-state index in [1.54, 1.807) is 13.1 Å². The second-order valence-electron chi connectivity index (χ2n) is 8.41. The summed E-state index contributed by atoms with van der Waals surface area (Å²) in [5.41, 5.74) is -0.615. The molecule has 29 heavy (non-hydrogen) atoms. The molecule has 4 rings (SSSR count). The number of rotatable bonds is 3. The first kappa shape index (κ1) is 19.8. The molecular weight excluding hydrogens is 372 g/mol. The molecule has 9 heteroatoms. The molecule has 0 radical (unpaired) electrons. The number of hydrogen-bond donors (Lipinski definition) is 2. The Labute approximate surface area is 170 Å². The smallest absolute Gasteiger partial charge is 0.217 e. The molecule has 0 bridgehead atoms. The molecule has 1 amide bonds. The van der Waals surface area contributed by atoms with E-state index < -0.39 is 5.60 Å². The number of nitrogens with zero attached hydrogens (tertiary/aromatic N) is 5. The fraction of sp³-hybridized carbons (Fsp3) is 0.600. The van der Waals surface area contributed by atoms with Crippen molar-refractivity contribution in [2.75, 3.05) is 24.6 Å². The second-order valence-corrected chi connectivity index (χ2v) is 8.41. The van der Waals surface area contributed by atoms with Crippen molar-refractivity contribution in [1.29, 1.82) is 0 Å². The summed E-state index contributed by atoms with van der Waals surface area (Å²) >= 11 is 0. The van der Waals surface area contributed by atoms with Crippen LogP contribution < -0.4 is 10.2 Å². The van der Waals surface area contributed by atoms with Crippen LogP contribution in [0.1, 0.15) is 33.1 Å². The molecule has 2 aliphatic rings. The molecule has 2 N–H and O–H groups in total. The van der Waals surface area contributed by atoms with Crippen LogP contribution >= 0.6 is 0 Å². The van der Waals surface area contributed by atoms with Gasteiger partial charge in [0.25, 0.3) is 0 Å². The van der Waals surface area contributed by atoms with E-state index in [1.807, 2.05) is 29.9 Å². The van der Waals surface area contributed by atoms with Gasteiger partial charge in [-0.05, 0) is 31.9 Å². The number of imidazole rings is 1. The number of carbonyl (C=O) groups excluding carboxylic acids is 1. The van der Waals surface area contributed by atoms with Crippen molar-refractivity contribution in [1.82, 2.24) is 25.1 Å². The Kier molecular flexibility index (Phi) is 5.04. The van der Waals surface area contributed by atoms with E-state index in [9.17, 15) is 9.90 Å². The summed E-state index contributed by atoms with van der Waals surface area (Å²) in [4.78, 5) is 17.9. The van der Waals surface area contributed by atoms with Gasteiger partial charge in [0, 0.05) is 45.9 Å². The highest BCUT2D eigenvalue weighted by molar-refractivity contribution is 5.73. The lowest BCUT2D eigenvalue weighted by Crippen LogP contribution is -2.63. The van der Waals surface area contributed by atoms with Crippen LogP contribution in [0, 0.1) is 0 Å². The maximum absolute atomic E-state index is 11.4. The standard InChI is InChI=1S/C20H28N6O3/c1-14(27)22-16-12-29-20(13-19(16,2)28)6-9-26(10-7-20)17-5-4-15(23-24-17)18-21-8-11-25(18)3/h4-5,8,11,16,28H,6-7,9-10,12-13H2,1-3H3,(H,22,27)/t16-,19-/m0/s1. The normalized spacial score (nSPS) is 26.5. The van der Waals surface area contributed by atoms with Gasteiger partial charge in [0.05, 0.1) is 23.9 Å². The van der Waals surface area contributed by atoms with Crippen molar-refractivity contribution in [2.45, 2.75) is 50.4 Å². The second kappa shape index (κ2) is 7.38. The minimum atomic E-state index is -0.990. The molecule has 0 aliphatic carbocycles. The van der Waals surface area contributed by atoms with Crippen molar-refractivity contribution in [2.24, 2.45) is 7.05 Å². The lowest BCUT2D eigenvalue weighted by atomic mass is 9.75. The van der Waals surface area contributed by atoms with Gasteiger partial charge >= 0.3 is 0 Å². The number of amides is 1. The molecule has 1 spiro atoms. The van der Waals surface area contributed by atoms with Crippen LogP contribution in [0.2, 0.25) is 0 Å². The zero-order chi connectivity index (χ0) is 20.6. The lowest BCUT2D eigenvalue weighted by Gasteiger charge is -2.51. The largest absolute Gasteiger partial charge is 0.388 e. The SMILES string of the molecule is CC(=O)N[C@H]1COC2(CCN(c3ccc(-c4nccn4C)nn3)CC2)C[C@]1(C)O. The highest BCUT2D eigenvalue weighted by Crippen LogP contribution is 2.40. The number of carbonyl (C=O) groups is 1. The third kappa shape index (κ3) is 3.97. The molecule has 4 heterocycles. The van der Waals surface area contributed by atoms with Crippen LogP contribution in [0.25, 0.3) is 11.5 Å². The van der Waals surface area contributed by atoms with Gasteiger partial charge in [-0.25, -0.2) is 4.98 Å². The zero-order valence-electron chi connectivity index (χ0n) is 17.1. The van der Waals surface area contributed by atoms with Crippen LogP contribution in [0.3, 0.4) is 0 Å². The van der Waals surface area contributed by atoms with E-state index >= 15 is 0 Å². The monoisotopic (exact) mass is 400 g/mol. The Morgan fingerprint density at radius 3 is 2.62 bits per heavy atom. The van der Waals surface area contributed by atoms with Gasteiger partial charge in [0.1, 0.15) is 5.69 Å². The number of ether oxygens (including phenoxy) is 1. The first-order valence-electron chi connectivity index (χ1n) is 9.98. The highest BCUT2D eigenvalue weighted by atomic mass is 16.5. The van der Waals surface area contributed by atoms with Crippen LogP contribution in [0.5, 0.6) is 0 Å². The topological polar surface area (TPSA) is 105 Å². The molecular formula is C20H28N6O3.